The molecule has 0 saturated heterocycles. The van der Waals surface area contributed by atoms with E-state index in [0.29, 0.717) is 0 Å². The van der Waals surface area contributed by atoms with Gasteiger partial charge < -0.3 is 5.32 Å². The van der Waals surface area contributed by atoms with Crippen LogP contribution in [0.1, 0.15) is 0 Å². The molecule has 0 unspecified atom stereocenters. The topological polar surface area (TPSA) is 37.8 Å². The molecular weight excluding hydrogens is 230 g/mol. The minimum atomic E-state index is 0.963. The van der Waals surface area contributed by atoms with Gasteiger partial charge >= 0.3 is 0 Å². The van der Waals surface area contributed by atoms with E-state index in [4.69, 9.17) is 0 Å². The Balaban J connectivity index is 2.06. The van der Waals surface area contributed by atoms with Crippen molar-refractivity contribution in [3.8, 4) is 11.1 Å². The lowest BCUT2D eigenvalue weighted by Gasteiger charge is -2.03. The predicted octanol–water partition coefficient (Wildman–Crippen LogP) is 3.40. The fourth-order valence-corrected chi connectivity index (χ4v) is 2.31. The first-order valence-electron chi connectivity index (χ1n) is 5.37. The van der Waals surface area contributed by atoms with E-state index in [1.165, 1.54) is 22.9 Å². The van der Waals surface area contributed by atoms with Gasteiger partial charge in [0.1, 0.15) is 11.0 Å². The third-order valence-corrected chi connectivity index (χ3v) is 3.32. The van der Waals surface area contributed by atoms with E-state index in [9.17, 15) is 0 Å². The average Bonchev–Trinajstić information content (AvgIpc) is 2.86. The second-order valence-corrected chi connectivity index (χ2v) is 4.32. The van der Waals surface area contributed by atoms with Crippen molar-refractivity contribution in [3.05, 3.63) is 42.5 Å². The van der Waals surface area contributed by atoms with Crippen molar-refractivity contribution in [1.29, 1.82) is 0 Å². The maximum atomic E-state index is 4.26. The molecule has 0 fully saturated rings. The number of nitrogens with zero attached hydrogens (tertiary/aromatic N) is 2. The molecule has 1 N–H and O–H groups in total. The second kappa shape index (κ2) is 4.14. The van der Waals surface area contributed by atoms with Crippen molar-refractivity contribution in [1.82, 2.24) is 8.75 Å². The zero-order valence-electron chi connectivity index (χ0n) is 9.34. The Morgan fingerprint density at radius 3 is 2.35 bits per heavy atom. The SMILES string of the molecule is CNc1ccc(-c2ccc3nsnc3c2)cc1. The summed E-state index contributed by atoms with van der Waals surface area (Å²) in [5.74, 6) is 0. The summed E-state index contributed by atoms with van der Waals surface area (Å²) in [7, 11) is 1.92. The number of nitrogens with one attached hydrogen (secondary N) is 1. The van der Waals surface area contributed by atoms with E-state index < -0.39 is 0 Å². The van der Waals surface area contributed by atoms with Crippen molar-refractivity contribution in [2.45, 2.75) is 0 Å². The molecule has 0 aliphatic rings. The lowest BCUT2D eigenvalue weighted by molar-refractivity contribution is 1.51. The molecule has 0 bridgehead atoms. The summed E-state index contributed by atoms with van der Waals surface area (Å²) < 4.78 is 8.46. The summed E-state index contributed by atoms with van der Waals surface area (Å²) in [5, 5.41) is 3.11. The molecule has 3 rings (SSSR count). The fraction of sp³-hybridized carbons (Fsp3) is 0.0769. The summed E-state index contributed by atoms with van der Waals surface area (Å²) in [6, 6.07) is 14.5. The third-order valence-electron chi connectivity index (χ3n) is 2.76. The Morgan fingerprint density at radius 1 is 0.882 bits per heavy atom. The molecule has 1 aromatic heterocycles. The molecule has 0 amide bonds. The Kier molecular flexibility index (Phi) is 2.49. The van der Waals surface area contributed by atoms with Crippen LogP contribution in [0.3, 0.4) is 0 Å². The van der Waals surface area contributed by atoms with Gasteiger partial charge in [-0.15, -0.1) is 0 Å². The molecular formula is C13H11N3S. The van der Waals surface area contributed by atoms with Gasteiger partial charge in [-0.3, -0.25) is 0 Å². The molecule has 3 nitrogen and oxygen atoms in total. The summed E-state index contributed by atoms with van der Waals surface area (Å²) in [4.78, 5) is 0. The Hall–Kier alpha value is -1.94. The maximum absolute atomic E-state index is 4.26. The predicted molar refractivity (Wildman–Crippen MR) is 72.4 cm³/mol. The van der Waals surface area contributed by atoms with Gasteiger partial charge in [0.05, 0.1) is 11.7 Å². The van der Waals surface area contributed by atoms with Gasteiger partial charge in [-0.05, 0) is 35.4 Å². The lowest BCUT2D eigenvalue weighted by atomic mass is 10.0. The van der Waals surface area contributed by atoms with Crippen molar-refractivity contribution in [2.24, 2.45) is 0 Å². The van der Waals surface area contributed by atoms with E-state index in [1.807, 2.05) is 13.1 Å². The highest BCUT2D eigenvalue weighted by Crippen LogP contribution is 2.24. The highest BCUT2D eigenvalue weighted by Gasteiger charge is 2.02. The monoisotopic (exact) mass is 241 g/mol. The second-order valence-electron chi connectivity index (χ2n) is 3.80. The minimum Gasteiger partial charge on any atom is -0.388 e. The Labute approximate surface area is 103 Å². The summed E-state index contributed by atoms with van der Waals surface area (Å²) >= 11 is 1.25. The molecule has 84 valence electrons. The quantitative estimate of drug-likeness (QED) is 0.747. The van der Waals surface area contributed by atoms with Gasteiger partial charge in [0, 0.05) is 12.7 Å². The summed E-state index contributed by atoms with van der Waals surface area (Å²) in [5.41, 5.74) is 5.41. The molecule has 17 heavy (non-hydrogen) atoms. The smallest absolute Gasteiger partial charge is 0.105 e. The number of benzene rings is 2. The van der Waals surface area contributed by atoms with Crippen LogP contribution >= 0.6 is 11.7 Å². The standard InChI is InChI=1S/C13H11N3S/c1-14-11-5-2-9(3-6-11)10-4-7-12-13(8-10)16-17-15-12/h2-8,14H,1H3. The van der Waals surface area contributed by atoms with Crippen LogP contribution in [0.25, 0.3) is 22.2 Å². The molecule has 0 spiro atoms. The number of rotatable bonds is 2. The molecule has 0 aliphatic heterocycles. The number of hydrogen-bond donors (Lipinski definition) is 1. The number of hydrogen-bond acceptors (Lipinski definition) is 4. The normalized spacial score (nSPS) is 10.6. The van der Waals surface area contributed by atoms with Crippen LogP contribution in [0.5, 0.6) is 0 Å². The third kappa shape index (κ3) is 1.87. The van der Waals surface area contributed by atoms with Crippen LogP contribution in [0.4, 0.5) is 5.69 Å². The minimum absolute atomic E-state index is 0.963. The molecule has 2 aromatic carbocycles. The van der Waals surface area contributed by atoms with Gasteiger partial charge in [-0.2, -0.15) is 8.75 Å². The molecule has 1 heterocycles. The molecule has 0 atom stereocenters. The van der Waals surface area contributed by atoms with Crippen molar-refractivity contribution >= 4 is 28.4 Å². The molecule has 0 aliphatic carbocycles. The van der Waals surface area contributed by atoms with E-state index in [0.717, 1.165) is 16.7 Å². The zero-order chi connectivity index (χ0) is 11.7. The first kappa shape index (κ1) is 10.2. The van der Waals surface area contributed by atoms with Crippen molar-refractivity contribution in [2.75, 3.05) is 12.4 Å². The van der Waals surface area contributed by atoms with Crippen molar-refractivity contribution < 1.29 is 0 Å². The first-order valence-corrected chi connectivity index (χ1v) is 6.10. The largest absolute Gasteiger partial charge is 0.388 e. The van der Waals surface area contributed by atoms with E-state index in [-0.39, 0.29) is 0 Å². The van der Waals surface area contributed by atoms with Gasteiger partial charge in [-0.25, -0.2) is 0 Å². The summed E-state index contributed by atoms with van der Waals surface area (Å²) in [6.07, 6.45) is 0. The molecule has 0 saturated carbocycles. The van der Waals surface area contributed by atoms with Crippen LogP contribution in [0.15, 0.2) is 42.5 Å². The highest BCUT2D eigenvalue weighted by molar-refractivity contribution is 7.00. The van der Waals surface area contributed by atoms with Gasteiger partial charge in [0.25, 0.3) is 0 Å². The van der Waals surface area contributed by atoms with Crippen LogP contribution in [0, 0.1) is 0 Å². The van der Waals surface area contributed by atoms with Gasteiger partial charge in [-0.1, -0.05) is 18.2 Å². The lowest BCUT2D eigenvalue weighted by Crippen LogP contribution is -1.86. The van der Waals surface area contributed by atoms with Crippen molar-refractivity contribution in [3.63, 3.8) is 0 Å². The average molecular weight is 241 g/mol. The molecule has 0 radical (unpaired) electrons. The van der Waals surface area contributed by atoms with Gasteiger partial charge in [0.15, 0.2) is 0 Å². The van der Waals surface area contributed by atoms with E-state index in [2.05, 4.69) is 50.5 Å². The Morgan fingerprint density at radius 2 is 1.59 bits per heavy atom. The number of aromatic nitrogens is 2. The number of fused-ring (bicyclic) bond motifs is 1. The highest BCUT2D eigenvalue weighted by atomic mass is 32.1. The molecule has 4 heteroatoms. The van der Waals surface area contributed by atoms with Crippen LogP contribution in [-0.4, -0.2) is 15.8 Å². The van der Waals surface area contributed by atoms with E-state index in [1.54, 1.807) is 0 Å². The number of anilines is 1. The summed E-state index contributed by atoms with van der Waals surface area (Å²) in [6.45, 7) is 0. The van der Waals surface area contributed by atoms with E-state index >= 15 is 0 Å². The van der Waals surface area contributed by atoms with Crippen LogP contribution < -0.4 is 5.32 Å². The maximum Gasteiger partial charge on any atom is 0.105 e. The van der Waals surface area contributed by atoms with Crippen LogP contribution in [0.2, 0.25) is 0 Å². The fourth-order valence-electron chi connectivity index (χ4n) is 1.79. The zero-order valence-corrected chi connectivity index (χ0v) is 10.2. The van der Waals surface area contributed by atoms with Gasteiger partial charge in [0.2, 0.25) is 0 Å². The first-order chi connectivity index (χ1) is 8.36. The Bertz CT molecular complexity index is 643. The molecule has 3 aromatic rings. The van der Waals surface area contributed by atoms with Crippen LogP contribution in [-0.2, 0) is 0 Å².